The molecule has 150 valence electrons. The molecule has 1 saturated carbocycles. The summed E-state index contributed by atoms with van der Waals surface area (Å²) < 4.78 is 11.5. The molecule has 1 aromatic carbocycles. The molecule has 0 radical (unpaired) electrons. The molecule has 3 rings (SSSR count). The minimum Gasteiger partial charge on any atom is -0.494 e. The Morgan fingerprint density at radius 1 is 1.21 bits per heavy atom. The van der Waals surface area contributed by atoms with Crippen molar-refractivity contribution in [1.29, 1.82) is 0 Å². The van der Waals surface area contributed by atoms with E-state index in [0.717, 1.165) is 37.0 Å². The maximum atomic E-state index is 12.3. The van der Waals surface area contributed by atoms with E-state index in [1.807, 2.05) is 36.4 Å². The van der Waals surface area contributed by atoms with Gasteiger partial charge in [-0.05, 0) is 55.5 Å². The lowest BCUT2D eigenvalue weighted by Gasteiger charge is -2.15. The van der Waals surface area contributed by atoms with Gasteiger partial charge >= 0.3 is 0 Å². The first kappa shape index (κ1) is 20.1. The van der Waals surface area contributed by atoms with Gasteiger partial charge in [0.05, 0.1) is 6.61 Å². The van der Waals surface area contributed by atoms with Crippen LogP contribution in [0.25, 0.3) is 0 Å². The maximum absolute atomic E-state index is 12.3. The van der Waals surface area contributed by atoms with Gasteiger partial charge in [0.25, 0.3) is 0 Å². The fourth-order valence-electron chi connectivity index (χ4n) is 3.41. The van der Waals surface area contributed by atoms with Crippen LogP contribution >= 0.6 is 0 Å². The van der Waals surface area contributed by atoms with Crippen LogP contribution in [0.1, 0.15) is 44.6 Å². The third-order valence-electron chi connectivity index (χ3n) is 5.00. The van der Waals surface area contributed by atoms with Crippen LogP contribution in [-0.2, 0) is 11.3 Å². The molecule has 28 heavy (non-hydrogen) atoms. The molecule has 0 spiro atoms. The Labute approximate surface area is 166 Å². The fraction of sp³-hybridized carbons (Fsp3) is 0.455. The van der Waals surface area contributed by atoms with Crippen molar-refractivity contribution >= 4 is 5.91 Å². The van der Waals surface area contributed by atoms with Gasteiger partial charge in [0.1, 0.15) is 11.5 Å². The highest BCUT2D eigenvalue weighted by atomic mass is 16.5. The average molecular weight is 383 g/mol. The van der Waals surface area contributed by atoms with Crippen LogP contribution < -0.4 is 20.5 Å². The number of aromatic nitrogens is 1. The molecule has 0 unspecified atom stereocenters. The summed E-state index contributed by atoms with van der Waals surface area (Å²) in [7, 11) is 0. The number of pyridine rings is 1. The number of hydrogen-bond acceptors (Lipinski definition) is 5. The van der Waals surface area contributed by atoms with Crippen molar-refractivity contribution in [3.8, 4) is 17.4 Å². The molecule has 0 saturated heterocycles. The summed E-state index contributed by atoms with van der Waals surface area (Å²) in [4.78, 5) is 16.6. The van der Waals surface area contributed by atoms with E-state index >= 15 is 0 Å². The van der Waals surface area contributed by atoms with Crippen LogP contribution in [-0.4, -0.2) is 23.5 Å². The SMILES string of the molecule is CCCOc1ccc(Oc2ncccc2CNC(=O)C[C@@H]2CCC[C@H]2N)cc1. The molecule has 3 N–H and O–H groups in total. The quantitative estimate of drug-likeness (QED) is 0.688. The van der Waals surface area contributed by atoms with Crippen LogP contribution in [0.3, 0.4) is 0 Å². The highest BCUT2D eigenvalue weighted by molar-refractivity contribution is 5.76. The molecule has 2 aromatic rings. The zero-order chi connectivity index (χ0) is 19.8. The number of amides is 1. The van der Waals surface area contributed by atoms with Crippen molar-refractivity contribution in [2.45, 2.75) is 51.6 Å². The number of benzene rings is 1. The summed E-state index contributed by atoms with van der Waals surface area (Å²) in [6, 6.07) is 11.3. The number of carbonyl (C=O) groups is 1. The predicted molar refractivity (Wildman–Crippen MR) is 108 cm³/mol. The molecule has 1 fully saturated rings. The summed E-state index contributed by atoms with van der Waals surface area (Å²) in [6.45, 7) is 3.14. The van der Waals surface area contributed by atoms with E-state index in [-0.39, 0.29) is 17.9 Å². The van der Waals surface area contributed by atoms with Gasteiger partial charge < -0.3 is 20.5 Å². The molecule has 2 atom stereocenters. The van der Waals surface area contributed by atoms with Crippen LogP contribution in [0, 0.1) is 5.92 Å². The Morgan fingerprint density at radius 2 is 2.00 bits per heavy atom. The smallest absolute Gasteiger partial charge is 0.224 e. The van der Waals surface area contributed by atoms with Crippen molar-refractivity contribution in [2.24, 2.45) is 11.7 Å². The standard InChI is InChI=1S/C22H29N3O3/c1-2-13-27-18-8-10-19(11-9-18)28-22-17(6-4-12-24-22)15-25-21(26)14-16-5-3-7-20(16)23/h4,6,8-12,16,20H,2-3,5,7,13-15,23H2,1H3,(H,25,26)/t16-,20+/m0/s1. The van der Waals surface area contributed by atoms with E-state index in [0.29, 0.717) is 31.2 Å². The molecule has 1 aliphatic carbocycles. The number of rotatable bonds is 9. The molecule has 1 heterocycles. The minimum absolute atomic E-state index is 0.0228. The van der Waals surface area contributed by atoms with Crippen LogP contribution in [0.4, 0.5) is 0 Å². The third-order valence-corrected chi connectivity index (χ3v) is 5.00. The molecule has 0 bridgehead atoms. The molecule has 6 nitrogen and oxygen atoms in total. The normalized spacial score (nSPS) is 18.6. The van der Waals surface area contributed by atoms with E-state index in [1.165, 1.54) is 0 Å². The minimum atomic E-state index is 0.0228. The molecule has 1 amide bonds. The fourth-order valence-corrected chi connectivity index (χ4v) is 3.41. The van der Waals surface area contributed by atoms with E-state index in [1.54, 1.807) is 6.20 Å². The van der Waals surface area contributed by atoms with Crippen LogP contribution in [0.15, 0.2) is 42.6 Å². The van der Waals surface area contributed by atoms with E-state index in [2.05, 4.69) is 17.2 Å². The summed E-state index contributed by atoms with van der Waals surface area (Å²) in [6.07, 6.45) is 6.29. The summed E-state index contributed by atoms with van der Waals surface area (Å²) >= 11 is 0. The molecule has 1 aliphatic rings. The average Bonchev–Trinajstić information content (AvgIpc) is 3.11. The first-order valence-electron chi connectivity index (χ1n) is 10.0. The number of nitrogens with zero attached hydrogens (tertiary/aromatic N) is 1. The molecule has 1 aromatic heterocycles. The highest BCUT2D eigenvalue weighted by Crippen LogP contribution is 2.27. The van der Waals surface area contributed by atoms with E-state index < -0.39 is 0 Å². The lowest BCUT2D eigenvalue weighted by molar-refractivity contribution is -0.122. The van der Waals surface area contributed by atoms with Gasteiger partial charge in [0.15, 0.2) is 0 Å². The topological polar surface area (TPSA) is 86.5 Å². The third kappa shape index (κ3) is 5.70. The largest absolute Gasteiger partial charge is 0.494 e. The van der Waals surface area contributed by atoms with Crippen molar-refractivity contribution in [1.82, 2.24) is 10.3 Å². The van der Waals surface area contributed by atoms with E-state index in [4.69, 9.17) is 15.2 Å². The summed E-state index contributed by atoms with van der Waals surface area (Å²) in [5, 5.41) is 2.97. The van der Waals surface area contributed by atoms with Gasteiger partial charge in [0, 0.05) is 30.8 Å². The Bertz CT molecular complexity index is 764. The Hall–Kier alpha value is -2.60. The van der Waals surface area contributed by atoms with Crippen LogP contribution in [0.5, 0.6) is 17.4 Å². The zero-order valence-electron chi connectivity index (χ0n) is 16.4. The van der Waals surface area contributed by atoms with E-state index in [9.17, 15) is 4.79 Å². The number of ether oxygens (including phenoxy) is 2. The number of nitrogens with one attached hydrogen (secondary N) is 1. The number of nitrogens with two attached hydrogens (primary N) is 1. The Kier molecular flexibility index (Phi) is 7.25. The first-order chi connectivity index (χ1) is 13.7. The van der Waals surface area contributed by atoms with Gasteiger partial charge in [-0.1, -0.05) is 19.4 Å². The predicted octanol–water partition coefficient (Wildman–Crippen LogP) is 3.80. The van der Waals surface area contributed by atoms with Gasteiger partial charge in [-0.2, -0.15) is 0 Å². The zero-order valence-corrected chi connectivity index (χ0v) is 16.4. The van der Waals surface area contributed by atoms with Crippen molar-refractivity contribution < 1.29 is 14.3 Å². The Morgan fingerprint density at radius 3 is 2.71 bits per heavy atom. The number of carbonyl (C=O) groups excluding carboxylic acids is 1. The Balaban J connectivity index is 1.56. The van der Waals surface area contributed by atoms with Crippen molar-refractivity contribution in [2.75, 3.05) is 6.61 Å². The lowest BCUT2D eigenvalue weighted by Crippen LogP contribution is -2.31. The molecular formula is C22H29N3O3. The van der Waals surface area contributed by atoms with Crippen molar-refractivity contribution in [3.05, 3.63) is 48.2 Å². The van der Waals surface area contributed by atoms with Gasteiger partial charge in [0.2, 0.25) is 11.8 Å². The first-order valence-corrected chi connectivity index (χ1v) is 10.0. The lowest BCUT2D eigenvalue weighted by atomic mass is 10.00. The second-order valence-electron chi connectivity index (χ2n) is 7.23. The summed E-state index contributed by atoms with van der Waals surface area (Å²) in [5.74, 6) is 2.29. The maximum Gasteiger partial charge on any atom is 0.224 e. The van der Waals surface area contributed by atoms with Crippen molar-refractivity contribution in [3.63, 3.8) is 0 Å². The second-order valence-corrected chi connectivity index (χ2v) is 7.23. The van der Waals surface area contributed by atoms with Crippen LogP contribution in [0.2, 0.25) is 0 Å². The molecule has 0 aliphatic heterocycles. The molecule has 6 heteroatoms. The number of hydrogen-bond donors (Lipinski definition) is 2. The summed E-state index contributed by atoms with van der Waals surface area (Å²) in [5.41, 5.74) is 6.89. The monoisotopic (exact) mass is 383 g/mol. The second kappa shape index (κ2) is 10.1. The van der Waals surface area contributed by atoms with Gasteiger partial charge in [-0.3, -0.25) is 4.79 Å². The van der Waals surface area contributed by atoms with Gasteiger partial charge in [-0.15, -0.1) is 0 Å². The highest BCUT2D eigenvalue weighted by Gasteiger charge is 2.26. The van der Waals surface area contributed by atoms with Gasteiger partial charge in [-0.25, -0.2) is 4.98 Å². The molecular weight excluding hydrogens is 354 g/mol.